The van der Waals surface area contributed by atoms with Crippen molar-refractivity contribution in [2.24, 2.45) is 0 Å². The van der Waals surface area contributed by atoms with Gasteiger partial charge in [-0.2, -0.15) is 0 Å². The van der Waals surface area contributed by atoms with E-state index < -0.39 is 0 Å². The molecule has 12 heavy (non-hydrogen) atoms. The SMILES string of the molecule is CC(CCl)N(C)c1ccncn1. The molecule has 3 nitrogen and oxygen atoms in total. The van der Waals surface area contributed by atoms with E-state index in [1.807, 2.05) is 18.0 Å². The maximum atomic E-state index is 5.71. The highest BCUT2D eigenvalue weighted by molar-refractivity contribution is 6.18. The summed E-state index contributed by atoms with van der Waals surface area (Å²) in [6, 6.07) is 2.16. The molecule has 1 unspecified atom stereocenters. The molecule has 0 spiro atoms. The first kappa shape index (κ1) is 9.26. The van der Waals surface area contributed by atoms with E-state index in [0.717, 1.165) is 5.82 Å². The van der Waals surface area contributed by atoms with Crippen molar-refractivity contribution in [2.45, 2.75) is 13.0 Å². The van der Waals surface area contributed by atoms with Crippen molar-refractivity contribution in [2.75, 3.05) is 17.8 Å². The minimum atomic E-state index is 0.293. The van der Waals surface area contributed by atoms with Gasteiger partial charge in [-0.3, -0.25) is 0 Å². The Bertz CT molecular complexity index is 227. The second-order valence-electron chi connectivity index (χ2n) is 2.68. The van der Waals surface area contributed by atoms with Crippen LogP contribution in [-0.2, 0) is 0 Å². The first-order valence-electron chi connectivity index (χ1n) is 3.80. The standard InChI is InChI=1S/C8H12ClN3/c1-7(5-9)12(2)8-3-4-10-6-11-8/h3-4,6-7H,5H2,1-2H3. The first-order valence-corrected chi connectivity index (χ1v) is 4.34. The van der Waals surface area contributed by atoms with Crippen molar-refractivity contribution in [1.82, 2.24) is 9.97 Å². The van der Waals surface area contributed by atoms with Gasteiger partial charge in [0.15, 0.2) is 0 Å². The molecule has 0 fully saturated rings. The van der Waals surface area contributed by atoms with E-state index in [1.165, 1.54) is 6.33 Å². The number of hydrogen-bond acceptors (Lipinski definition) is 3. The zero-order chi connectivity index (χ0) is 8.97. The molecule has 0 aromatic carbocycles. The normalized spacial score (nSPS) is 12.6. The van der Waals surface area contributed by atoms with Gasteiger partial charge in [-0.15, -0.1) is 11.6 Å². The Labute approximate surface area is 77.4 Å². The second kappa shape index (κ2) is 4.26. The van der Waals surface area contributed by atoms with Crippen LogP contribution >= 0.6 is 11.6 Å². The number of nitrogens with zero attached hydrogens (tertiary/aromatic N) is 3. The van der Waals surface area contributed by atoms with Gasteiger partial charge in [-0.05, 0) is 13.0 Å². The predicted molar refractivity (Wildman–Crippen MR) is 50.6 cm³/mol. The van der Waals surface area contributed by atoms with E-state index >= 15 is 0 Å². The fourth-order valence-corrected chi connectivity index (χ4v) is 1.03. The van der Waals surface area contributed by atoms with Crippen LogP contribution in [0.5, 0.6) is 0 Å². The van der Waals surface area contributed by atoms with Crippen LogP contribution in [0.1, 0.15) is 6.92 Å². The quantitative estimate of drug-likeness (QED) is 0.669. The molecule has 0 saturated carbocycles. The molecular formula is C8H12ClN3. The topological polar surface area (TPSA) is 29.0 Å². The molecule has 0 amide bonds. The number of aromatic nitrogens is 2. The largest absolute Gasteiger partial charge is 0.356 e. The second-order valence-corrected chi connectivity index (χ2v) is 2.99. The highest BCUT2D eigenvalue weighted by Crippen LogP contribution is 2.09. The van der Waals surface area contributed by atoms with E-state index in [1.54, 1.807) is 6.20 Å². The number of halogens is 1. The van der Waals surface area contributed by atoms with Crippen molar-refractivity contribution >= 4 is 17.4 Å². The summed E-state index contributed by atoms with van der Waals surface area (Å²) in [6.07, 6.45) is 3.26. The molecule has 1 aromatic heterocycles. The van der Waals surface area contributed by atoms with E-state index in [9.17, 15) is 0 Å². The third-order valence-corrected chi connectivity index (χ3v) is 2.26. The third-order valence-electron chi connectivity index (χ3n) is 1.81. The third kappa shape index (κ3) is 2.08. The molecule has 1 rings (SSSR count). The lowest BCUT2D eigenvalue weighted by atomic mass is 10.3. The van der Waals surface area contributed by atoms with Gasteiger partial charge in [0.25, 0.3) is 0 Å². The minimum Gasteiger partial charge on any atom is -0.356 e. The minimum absolute atomic E-state index is 0.293. The van der Waals surface area contributed by atoms with Crippen LogP contribution in [-0.4, -0.2) is 28.9 Å². The Morgan fingerprint density at radius 1 is 1.67 bits per heavy atom. The van der Waals surface area contributed by atoms with Gasteiger partial charge in [0, 0.05) is 25.2 Å². The summed E-state index contributed by atoms with van der Waals surface area (Å²) in [7, 11) is 1.97. The van der Waals surface area contributed by atoms with Gasteiger partial charge in [0.1, 0.15) is 12.1 Å². The Hall–Kier alpha value is -0.830. The molecule has 0 aliphatic rings. The summed E-state index contributed by atoms with van der Waals surface area (Å²) < 4.78 is 0. The number of rotatable bonds is 3. The Balaban J connectivity index is 2.71. The highest BCUT2D eigenvalue weighted by atomic mass is 35.5. The maximum absolute atomic E-state index is 5.71. The van der Waals surface area contributed by atoms with Crippen molar-refractivity contribution in [3.8, 4) is 0 Å². The van der Waals surface area contributed by atoms with Crippen molar-refractivity contribution < 1.29 is 0 Å². The molecule has 1 atom stereocenters. The monoisotopic (exact) mass is 185 g/mol. The van der Waals surface area contributed by atoms with Gasteiger partial charge in [0.2, 0.25) is 0 Å². The highest BCUT2D eigenvalue weighted by Gasteiger charge is 2.08. The van der Waals surface area contributed by atoms with Gasteiger partial charge in [-0.25, -0.2) is 9.97 Å². The van der Waals surface area contributed by atoms with Crippen LogP contribution in [0, 0.1) is 0 Å². The summed E-state index contributed by atoms with van der Waals surface area (Å²) in [6.45, 7) is 2.05. The molecule has 0 N–H and O–H groups in total. The van der Waals surface area contributed by atoms with Gasteiger partial charge < -0.3 is 4.90 Å². The summed E-state index contributed by atoms with van der Waals surface area (Å²) in [5.41, 5.74) is 0. The lowest BCUT2D eigenvalue weighted by molar-refractivity contribution is 0.747. The number of hydrogen-bond donors (Lipinski definition) is 0. The average molecular weight is 186 g/mol. The lowest BCUT2D eigenvalue weighted by Gasteiger charge is -2.23. The van der Waals surface area contributed by atoms with Crippen molar-refractivity contribution in [3.63, 3.8) is 0 Å². The summed E-state index contributed by atoms with van der Waals surface area (Å²) in [5.74, 6) is 1.50. The van der Waals surface area contributed by atoms with Crippen LogP contribution in [0.15, 0.2) is 18.6 Å². The van der Waals surface area contributed by atoms with Crippen LogP contribution in [0.25, 0.3) is 0 Å². The predicted octanol–water partition coefficient (Wildman–Crippen LogP) is 1.54. The Morgan fingerprint density at radius 2 is 2.42 bits per heavy atom. The van der Waals surface area contributed by atoms with E-state index in [4.69, 9.17) is 11.6 Å². The number of alkyl halides is 1. The van der Waals surface area contributed by atoms with Gasteiger partial charge >= 0.3 is 0 Å². The van der Waals surface area contributed by atoms with Gasteiger partial charge in [-0.1, -0.05) is 0 Å². The molecule has 1 heterocycles. The summed E-state index contributed by atoms with van der Waals surface area (Å²) in [5, 5.41) is 0. The Kier molecular flexibility index (Phi) is 3.29. The Morgan fingerprint density at radius 3 is 2.92 bits per heavy atom. The first-order chi connectivity index (χ1) is 5.75. The van der Waals surface area contributed by atoms with Crippen LogP contribution in [0.2, 0.25) is 0 Å². The molecule has 0 radical (unpaired) electrons. The van der Waals surface area contributed by atoms with Crippen molar-refractivity contribution in [1.29, 1.82) is 0 Å². The van der Waals surface area contributed by atoms with E-state index in [-0.39, 0.29) is 0 Å². The van der Waals surface area contributed by atoms with Crippen molar-refractivity contribution in [3.05, 3.63) is 18.6 Å². The van der Waals surface area contributed by atoms with Crippen LogP contribution < -0.4 is 4.90 Å². The average Bonchev–Trinajstić information content (AvgIpc) is 2.17. The maximum Gasteiger partial charge on any atom is 0.131 e. The molecule has 0 aliphatic heterocycles. The molecule has 0 saturated heterocycles. The zero-order valence-electron chi connectivity index (χ0n) is 7.24. The molecule has 0 aliphatic carbocycles. The summed E-state index contributed by atoms with van der Waals surface area (Å²) in [4.78, 5) is 9.97. The molecule has 0 bridgehead atoms. The molecule has 4 heteroatoms. The molecular weight excluding hydrogens is 174 g/mol. The van der Waals surface area contributed by atoms with Gasteiger partial charge in [0.05, 0.1) is 0 Å². The fourth-order valence-electron chi connectivity index (χ4n) is 0.822. The number of anilines is 1. The molecule has 66 valence electrons. The van der Waals surface area contributed by atoms with Crippen LogP contribution in [0.4, 0.5) is 5.82 Å². The van der Waals surface area contributed by atoms with E-state index in [2.05, 4.69) is 16.9 Å². The molecule has 1 aromatic rings. The smallest absolute Gasteiger partial charge is 0.131 e. The fraction of sp³-hybridized carbons (Fsp3) is 0.500. The lowest BCUT2D eigenvalue weighted by Crippen LogP contribution is -2.30. The van der Waals surface area contributed by atoms with E-state index in [0.29, 0.717) is 11.9 Å². The summed E-state index contributed by atoms with van der Waals surface area (Å²) >= 11 is 5.71. The van der Waals surface area contributed by atoms with Crippen LogP contribution in [0.3, 0.4) is 0 Å². The zero-order valence-corrected chi connectivity index (χ0v) is 7.99.